The number of rotatable bonds is 10. The minimum absolute atomic E-state index is 0.233. The predicted molar refractivity (Wildman–Crippen MR) is 96.5 cm³/mol. The number of ether oxygens (including phenoxy) is 2. The van der Waals surface area contributed by atoms with E-state index in [1.165, 1.54) is 0 Å². The SMILES string of the molecule is C=CCC(O)C(OCc1ccccc1)C(C)OCc1ccccc1. The first-order valence-electron chi connectivity index (χ1n) is 8.30. The van der Waals surface area contributed by atoms with Crippen LogP contribution >= 0.6 is 0 Å². The topological polar surface area (TPSA) is 38.7 Å². The molecule has 2 aromatic carbocycles. The Morgan fingerprint density at radius 2 is 1.42 bits per heavy atom. The largest absolute Gasteiger partial charge is 0.390 e. The van der Waals surface area contributed by atoms with Gasteiger partial charge in [-0.15, -0.1) is 6.58 Å². The molecule has 24 heavy (non-hydrogen) atoms. The maximum absolute atomic E-state index is 10.4. The smallest absolute Gasteiger partial charge is 0.110 e. The lowest BCUT2D eigenvalue weighted by atomic mass is 10.1. The van der Waals surface area contributed by atoms with Gasteiger partial charge in [0.25, 0.3) is 0 Å². The Kier molecular flexibility index (Phi) is 7.69. The molecule has 0 aromatic heterocycles. The number of aliphatic hydroxyl groups excluding tert-OH is 1. The van der Waals surface area contributed by atoms with Crippen LogP contribution in [0.1, 0.15) is 24.5 Å². The lowest BCUT2D eigenvalue weighted by molar-refractivity contribution is -0.124. The molecule has 3 nitrogen and oxygen atoms in total. The van der Waals surface area contributed by atoms with Crippen molar-refractivity contribution in [1.29, 1.82) is 0 Å². The second kappa shape index (κ2) is 10.0. The van der Waals surface area contributed by atoms with Crippen molar-refractivity contribution in [2.75, 3.05) is 0 Å². The summed E-state index contributed by atoms with van der Waals surface area (Å²) in [4.78, 5) is 0. The van der Waals surface area contributed by atoms with Gasteiger partial charge in [0, 0.05) is 0 Å². The van der Waals surface area contributed by atoms with Gasteiger partial charge in [0.2, 0.25) is 0 Å². The Bertz CT molecular complexity index is 583. The average molecular weight is 326 g/mol. The van der Waals surface area contributed by atoms with Crippen LogP contribution in [0.25, 0.3) is 0 Å². The molecule has 0 saturated carbocycles. The van der Waals surface area contributed by atoms with Gasteiger partial charge in [-0.1, -0.05) is 66.7 Å². The van der Waals surface area contributed by atoms with E-state index in [9.17, 15) is 5.11 Å². The van der Waals surface area contributed by atoms with E-state index >= 15 is 0 Å². The second-order valence-electron chi connectivity index (χ2n) is 5.85. The summed E-state index contributed by atoms with van der Waals surface area (Å²) in [6, 6.07) is 19.9. The summed E-state index contributed by atoms with van der Waals surface area (Å²) in [6.07, 6.45) is 0.888. The van der Waals surface area contributed by atoms with E-state index in [2.05, 4.69) is 6.58 Å². The zero-order chi connectivity index (χ0) is 17.2. The quantitative estimate of drug-likeness (QED) is 0.668. The summed E-state index contributed by atoms with van der Waals surface area (Å²) in [5.41, 5.74) is 2.17. The van der Waals surface area contributed by atoms with Gasteiger partial charge < -0.3 is 14.6 Å². The third-order valence-electron chi connectivity index (χ3n) is 3.89. The molecule has 3 atom stereocenters. The number of aliphatic hydroxyl groups is 1. The van der Waals surface area contributed by atoms with Crippen molar-refractivity contribution in [3.8, 4) is 0 Å². The Hall–Kier alpha value is -1.94. The molecule has 0 fully saturated rings. The monoisotopic (exact) mass is 326 g/mol. The van der Waals surface area contributed by atoms with Crippen LogP contribution in [0.5, 0.6) is 0 Å². The van der Waals surface area contributed by atoms with E-state index in [4.69, 9.17) is 9.47 Å². The fraction of sp³-hybridized carbons (Fsp3) is 0.333. The standard InChI is InChI=1S/C21H26O3/c1-3-10-20(22)21(24-16-19-13-8-5-9-14-19)17(2)23-15-18-11-6-4-7-12-18/h3-9,11-14,17,20-22H,1,10,15-16H2,2H3. The maximum atomic E-state index is 10.4. The molecule has 2 aromatic rings. The van der Waals surface area contributed by atoms with Gasteiger partial charge >= 0.3 is 0 Å². The minimum Gasteiger partial charge on any atom is -0.390 e. The van der Waals surface area contributed by atoms with Gasteiger partial charge in [-0.2, -0.15) is 0 Å². The van der Waals surface area contributed by atoms with E-state index in [-0.39, 0.29) is 6.10 Å². The Morgan fingerprint density at radius 1 is 0.917 bits per heavy atom. The Morgan fingerprint density at radius 3 is 1.92 bits per heavy atom. The molecule has 128 valence electrons. The van der Waals surface area contributed by atoms with Gasteiger partial charge in [0.1, 0.15) is 6.10 Å². The number of hydrogen-bond acceptors (Lipinski definition) is 3. The lowest BCUT2D eigenvalue weighted by Crippen LogP contribution is -2.39. The molecule has 0 heterocycles. The van der Waals surface area contributed by atoms with Crippen molar-refractivity contribution in [3.63, 3.8) is 0 Å². The zero-order valence-corrected chi connectivity index (χ0v) is 14.2. The first-order chi connectivity index (χ1) is 11.7. The molecule has 0 saturated heterocycles. The van der Waals surface area contributed by atoms with Crippen LogP contribution in [-0.4, -0.2) is 23.4 Å². The molecule has 1 N–H and O–H groups in total. The highest BCUT2D eigenvalue weighted by atomic mass is 16.5. The van der Waals surface area contributed by atoms with Gasteiger partial charge in [-0.25, -0.2) is 0 Å². The Balaban J connectivity index is 1.94. The molecule has 2 rings (SSSR count). The summed E-state index contributed by atoms with van der Waals surface area (Å²) in [5.74, 6) is 0. The van der Waals surface area contributed by atoms with Crippen LogP contribution < -0.4 is 0 Å². The molecule has 0 aliphatic heterocycles. The van der Waals surface area contributed by atoms with Crippen molar-refractivity contribution in [3.05, 3.63) is 84.4 Å². The average Bonchev–Trinajstić information content (AvgIpc) is 2.62. The normalized spacial score (nSPS) is 14.8. The summed E-state index contributed by atoms with van der Waals surface area (Å²) < 4.78 is 11.9. The van der Waals surface area contributed by atoms with Gasteiger partial charge in [-0.3, -0.25) is 0 Å². The van der Waals surface area contributed by atoms with Crippen LogP contribution in [0, 0.1) is 0 Å². The first-order valence-corrected chi connectivity index (χ1v) is 8.30. The third kappa shape index (κ3) is 5.93. The molecule has 0 amide bonds. The van der Waals surface area contributed by atoms with Crippen LogP contribution in [0.2, 0.25) is 0 Å². The van der Waals surface area contributed by atoms with E-state index in [1.54, 1.807) is 6.08 Å². The molecule has 0 aliphatic rings. The summed E-state index contributed by atoms with van der Waals surface area (Å²) in [5, 5.41) is 10.4. The minimum atomic E-state index is -0.642. The summed E-state index contributed by atoms with van der Waals surface area (Å²) >= 11 is 0. The highest BCUT2D eigenvalue weighted by Crippen LogP contribution is 2.16. The van der Waals surface area contributed by atoms with Crippen molar-refractivity contribution >= 4 is 0 Å². The molecule has 3 heteroatoms. The fourth-order valence-corrected chi connectivity index (χ4v) is 2.53. The predicted octanol–water partition coefficient (Wildman–Crippen LogP) is 4.11. The van der Waals surface area contributed by atoms with Crippen molar-refractivity contribution in [1.82, 2.24) is 0 Å². The molecule has 0 aliphatic carbocycles. The molecule has 0 bridgehead atoms. The maximum Gasteiger partial charge on any atom is 0.110 e. The second-order valence-corrected chi connectivity index (χ2v) is 5.85. The van der Waals surface area contributed by atoms with Crippen LogP contribution in [0.3, 0.4) is 0 Å². The number of hydrogen-bond donors (Lipinski definition) is 1. The van der Waals surface area contributed by atoms with E-state index < -0.39 is 12.2 Å². The molecule has 0 spiro atoms. The lowest BCUT2D eigenvalue weighted by Gasteiger charge is -2.28. The van der Waals surface area contributed by atoms with Crippen molar-refractivity contribution < 1.29 is 14.6 Å². The van der Waals surface area contributed by atoms with Crippen molar-refractivity contribution in [2.45, 2.75) is 44.9 Å². The molecular weight excluding hydrogens is 300 g/mol. The summed E-state index contributed by atoms with van der Waals surface area (Å²) in [7, 11) is 0. The highest BCUT2D eigenvalue weighted by molar-refractivity contribution is 5.14. The molecular formula is C21H26O3. The molecule has 3 unspecified atom stereocenters. The van der Waals surface area contributed by atoms with Gasteiger partial charge in [0.15, 0.2) is 0 Å². The van der Waals surface area contributed by atoms with E-state index in [0.29, 0.717) is 19.6 Å². The summed E-state index contributed by atoms with van der Waals surface area (Å²) in [6.45, 7) is 6.57. The van der Waals surface area contributed by atoms with Crippen LogP contribution in [-0.2, 0) is 22.7 Å². The Labute approximate surface area is 144 Å². The van der Waals surface area contributed by atoms with E-state index in [0.717, 1.165) is 11.1 Å². The highest BCUT2D eigenvalue weighted by Gasteiger charge is 2.26. The first kappa shape index (κ1) is 18.4. The van der Waals surface area contributed by atoms with Crippen LogP contribution in [0.4, 0.5) is 0 Å². The third-order valence-corrected chi connectivity index (χ3v) is 3.89. The fourth-order valence-electron chi connectivity index (χ4n) is 2.53. The van der Waals surface area contributed by atoms with Gasteiger partial charge in [-0.05, 0) is 24.5 Å². The zero-order valence-electron chi connectivity index (χ0n) is 14.2. The van der Waals surface area contributed by atoms with Crippen molar-refractivity contribution in [2.24, 2.45) is 0 Å². The number of benzene rings is 2. The van der Waals surface area contributed by atoms with E-state index in [1.807, 2.05) is 67.6 Å². The molecule has 0 radical (unpaired) electrons. The van der Waals surface area contributed by atoms with Gasteiger partial charge in [0.05, 0.1) is 25.4 Å². The van der Waals surface area contributed by atoms with Crippen LogP contribution in [0.15, 0.2) is 73.3 Å².